The second-order valence-electron chi connectivity index (χ2n) is 8.93. The first kappa shape index (κ1) is 24.5. The van der Waals surface area contributed by atoms with Gasteiger partial charge in [0.25, 0.3) is 0 Å². The molecule has 1 aromatic rings. The quantitative estimate of drug-likeness (QED) is 0.480. The van der Waals surface area contributed by atoms with Crippen molar-refractivity contribution in [3.63, 3.8) is 0 Å². The molecule has 1 unspecified atom stereocenters. The van der Waals surface area contributed by atoms with Crippen molar-refractivity contribution in [2.75, 3.05) is 40.1 Å². The molecule has 2 rings (SSSR count). The van der Waals surface area contributed by atoms with Crippen LogP contribution in [0.4, 0.5) is 0 Å². The smallest absolute Gasteiger partial charge is 0.191 e. The molecule has 1 fully saturated rings. The first-order chi connectivity index (χ1) is 14.3. The molecule has 0 amide bonds. The van der Waals surface area contributed by atoms with Crippen LogP contribution in [0.5, 0.6) is 11.5 Å². The van der Waals surface area contributed by atoms with Crippen LogP contribution in [0.25, 0.3) is 0 Å². The van der Waals surface area contributed by atoms with E-state index in [1.54, 1.807) is 21.3 Å². The predicted octanol–water partition coefficient (Wildman–Crippen LogP) is 3.62. The number of benzene rings is 1. The molecular weight excluding hydrogens is 398 g/mol. The van der Waals surface area contributed by atoms with Crippen molar-refractivity contribution in [3.05, 3.63) is 23.8 Å². The monoisotopic (exact) mass is 437 g/mol. The van der Waals surface area contributed by atoms with E-state index in [9.17, 15) is 4.21 Å². The van der Waals surface area contributed by atoms with Crippen LogP contribution < -0.4 is 20.1 Å². The van der Waals surface area contributed by atoms with E-state index < -0.39 is 10.8 Å². The average molecular weight is 438 g/mol. The molecule has 30 heavy (non-hydrogen) atoms. The maximum Gasteiger partial charge on any atom is 0.191 e. The zero-order chi connectivity index (χ0) is 22.2. The molecule has 0 spiro atoms. The van der Waals surface area contributed by atoms with Crippen molar-refractivity contribution in [3.8, 4) is 11.5 Å². The minimum absolute atomic E-state index is 0.0314. The summed E-state index contributed by atoms with van der Waals surface area (Å²) in [6, 6.07) is 6.28. The van der Waals surface area contributed by atoms with Gasteiger partial charge in [0, 0.05) is 46.9 Å². The number of ether oxygens (including phenoxy) is 2. The molecule has 0 aliphatic heterocycles. The van der Waals surface area contributed by atoms with Crippen molar-refractivity contribution >= 4 is 16.8 Å². The van der Waals surface area contributed by atoms with Gasteiger partial charge in [0.2, 0.25) is 0 Å². The molecular formula is C23H39N3O3S. The van der Waals surface area contributed by atoms with Crippen molar-refractivity contribution in [2.45, 2.75) is 63.0 Å². The number of nitrogens with one attached hydrogen (secondary N) is 2. The van der Waals surface area contributed by atoms with Crippen LogP contribution >= 0.6 is 0 Å². The standard InChI is InChI=1S/C23H39N3O3S/c1-22(2,3)30(27)15-14-25-21(24-4)26-17-23(12-8-7-9-13-23)18-10-11-19(28-5)20(16-18)29-6/h10-11,16H,7-9,12-15,17H2,1-6H3,(H2,24,25,26). The molecule has 0 heterocycles. The Bertz CT molecular complexity index is 738. The van der Waals surface area contributed by atoms with Gasteiger partial charge in [-0.2, -0.15) is 0 Å². The Labute approximate surface area is 184 Å². The van der Waals surface area contributed by atoms with Crippen molar-refractivity contribution in [1.29, 1.82) is 0 Å². The zero-order valence-corrected chi connectivity index (χ0v) is 20.3. The summed E-state index contributed by atoms with van der Waals surface area (Å²) in [5.74, 6) is 2.88. The summed E-state index contributed by atoms with van der Waals surface area (Å²) in [5, 5.41) is 6.85. The Balaban J connectivity index is 2.08. The lowest BCUT2D eigenvalue weighted by molar-refractivity contribution is 0.288. The van der Waals surface area contributed by atoms with Gasteiger partial charge in [-0.1, -0.05) is 25.3 Å². The summed E-state index contributed by atoms with van der Waals surface area (Å²) in [6.07, 6.45) is 5.96. The van der Waals surface area contributed by atoms with Crippen LogP contribution in [0.3, 0.4) is 0 Å². The largest absolute Gasteiger partial charge is 0.493 e. The van der Waals surface area contributed by atoms with Crippen LogP contribution in [0.2, 0.25) is 0 Å². The Kier molecular flexibility index (Phi) is 9.01. The minimum Gasteiger partial charge on any atom is -0.493 e. The number of rotatable bonds is 8. The third-order valence-corrected chi connectivity index (χ3v) is 7.83. The summed E-state index contributed by atoms with van der Waals surface area (Å²) >= 11 is 0. The molecule has 1 saturated carbocycles. The second-order valence-corrected chi connectivity index (χ2v) is 11.2. The molecule has 0 saturated heterocycles. The molecule has 2 N–H and O–H groups in total. The first-order valence-corrected chi connectivity index (χ1v) is 12.1. The third kappa shape index (κ3) is 6.37. The topological polar surface area (TPSA) is 72.0 Å². The highest BCUT2D eigenvalue weighted by Gasteiger charge is 2.34. The van der Waals surface area contributed by atoms with Crippen LogP contribution in [-0.2, 0) is 16.2 Å². The van der Waals surface area contributed by atoms with E-state index in [-0.39, 0.29) is 10.2 Å². The van der Waals surface area contributed by atoms with Gasteiger partial charge in [-0.25, -0.2) is 0 Å². The SMILES string of the molecule is CN=C(NCCS(=O)C(C)(C)C)NCC1(c2ccc(OC)c(OC)c2)CCCCC1. The molecule has 0 bridgehead atoms. The van der Waals surface area contributed by atoms with Gasteiger partial charge < -0.3 is 20.1 Å². The second kappa shape index (κ2) is 11.0. The molecule has 1 atom stereocenters. The van der Waals surface area contributed by atoms with E-state index in [2.05, 4.69) is 27.8 Å². The number of aliphatic imine (C=N–C) groups is 1. The van der Waals surface area contributed by atoms with Gasteiger partial charge in [-0.15, -0.1) is 0 Å². The van der Waals surface area contributed by atoms with Crippen LogP contribution in [-0.4, -0.2) is 55.0 Å². The lowest BCUT2D eigenvalue weighted by atomic mass is 9.69. The highest BCUT2D eigenvalue weighted by atomic mass is 32.2. The van der Waals surface area contributed by atoms with E-state index in [4.69, 9.17) is 9.47 Å². The van der Waals surface area contributed by atoms with Gasteiger partial charge in [0.05, 0.1) is 14.2 Å². The fourth-order valence-corrected chi connectivity index (χ4v) is 4.90. The van der Waals surface area contributed by atoms with E-state index in [1.165, 1.54) is 24.8 Å². The van der Waals surface area contributed by atoms with Gasteiger partial charge in [0.15, 0.2) is 17.5 Å². The third-order valence-electron chi connectivity index (χ3n) is 5.89. The van der Waals surface area contributed by atoms with E-state index >= 15 is 0 Å². The average Bonchev–Trinajstić information content (AvgIpc) is 2.75. The van der Waals surface area contributed by atoms with E-state index in [0.717, 1.165) is 36.8 Å². The molecule has 1 aromatic carbocycles. The summed E-state index contributed by atoms with van der Waals surface area (Å²) in [5.41, 5.74) is 1.31. The molecule has 1 aliphatic carbocycles. The summed E-state index contributed by atoms with van der Waals surface area (Å²) in [7, 11) is 4.24. The number of nitrogens with zero attached hydrogens (tertiary/aromatic N) is 1. The molecule has 0 aromatic heterocycles. The van der Waals surface area contributed by atoms with Crippen molar-refractivity contribution < 1.29 is 13.7 Å². The highest BCUT2D eigenvalue weighted by Crippen LogP contribution is 2.42. The Hall–Kier alpha value is -1.76. The van der Waals surface area contributed by atoms with Crippen molar-refractivity contribution in [2.24, 2.45) is 4.99 Å². The Morgan fingerprint density at radius 3 is 2.33 bits per heavy atom. The van der Waals surface area contributed by atoms with E-state index in [1.807, 2.05) is 26.8 Å². The maximum atomic E-state index is 12.3. The first-order valence-electron chi connectivity index (χ1n) is 10.8. The lowest BCUT2D eigenvalue weighted by Crippen LogP contribution is -2.47. The normalized spacial score (nSPS) is 17.9. The van der Waals surface area contributed by atoms with Crippen LogP contribution in [0.15, 0.2) is 23.2 Å². The number of hydrogen-bond acceptors (Lipinski definition) is 4. The zero-order valence-electron chi connectivity index (χ0n) is 19.5. The highest BCUT2D eigenvalue weighted by molar-refractivity contribution is 7.86. The van der Waals surface area contributed by atoms with Gasteiger partial charge in [-0.3, -0.25) is 9.20 Å². The number of methoxy groups -OCH3 is 2. The number of hydrogen-bond donors (Lipinski definition) is 2. The number of guanidine groups is 1. The van der Waals surface area contributed by atoms with Gasteiger partial charge in [-0.05, 0) is 51.3 Å². The molecule has 0 radical (unpaired) electrons. The minimum atomic E-state index is -0.880. The fourth-order valence-electron chi connectivity index (χ4n) is 4.00. The summed E-state index contributed by atoms with van der Waals surface area (Å²) in [4.78, 5) is 4.37. The molecule has 170 valence electrons. The summed E-state index contributed by atoms with van der Waals surface area (Å²) in [6.45, 7) is 7.45. The molecule has 7 heteroatoms. The van der Waals surface area contributed by atoms with Crippen LogP contribution in [0, 0.1) is 0 Å². The Morgan fingerprint density at radius 2 is 1.77 bits per heavy atom. The maximum absolute atomic E-state index is 12.3. The van der Waals surface area contributed by atoms with E-state index in [0.29, 0.717) is 12.3 Å². The summed E-state index contributed by atoms with van der Waals surface area (Å²) < 4.78 is 23.1. The molecule has 6 nitrogen and oxygen atoms in total. The molecule has 1 aliphatic rings. The fraction of sp³-hybridized carbons (Fsp3) is 0.696. The lowest BCUT2D eigenvalue weighted by Gasteiger charge is -2.38. The van der Waals surface area contributed by atoms with Gasteiger partial charge >= 0.3 is 0 Å². The predicted molar refractivity (Wildman–Crippen MR) is 126 cm³/mol. The Morgan fingerprint density at radius 1 is 1.10 bits per heavy atom. The van der Waals surface area contributed by atoms with Crippen molar-refractivity contribution in [1.82, 2.24) is 10.6 Å². The van der Waals surface area contributed by atoms with Crippen LogP contribution in [0.1, 0.15) is 58.4 Å². The van der Waals surface area contributed by atoms with Gasteiger partial charge in [0.1, 0.15) is 0 Å².